The number of anilines is 2. The molecule has 5 nitrogen and oxygen atoms in total. The summed E-state index contributed by atoms with van der Waals surface area (Å²) in [6.07, 6.45) is -0.604. The van der Waals surface area contributed by atoms with Crippen LogP contribution in [0.2, 0.25) is 5.02 Å². The first-order valence-electron chi connectivity index (χ1n) is 7.81. The van der Waals surface area contributed by atoms with Crippen LogP contribution in [0.1, 0.15) is 10.4 Å². The summed E-state index contributed by atoms with van der Waals surface area (Å²) in [6, 6.07) is 22.1. The SMILES string of the molecule is O=C(Nc1ccc(C(=O)Nc2cccc(Cl)c2)cc1)Oc1ccccc1. The average molecular weight is 367 g/mol. The molecule has 3 aromatic carbocycles. The lowest BCUT2D eigenvalue weighted by atomic mass is 10.2. The molecule has 0 saturated heterocycles. The molecule has 0 radical (unpaired) electrons. The predicted molar refractivity (Wildman–Crippen MR) is 102 cm³/mol. The quantitative estimate of drug-likeness (QED) is 0.666. The molecule has 3 aromatic rings. The zero-order chi connectivity index (χ0) is 18.4. The van der Waals surface area contributed by atoms with Gasteiger partial charge in [0.05, 0.1) is 0 Å². The van der Waals surface area contributed by atoms with Crippen LogP contribution in [-0.2, 0) is 0 Å². The molecule has 0 aromatic heterocycles. The minimum Gasteiger partial charge on any atom is -0.410 e. The number of amides is 2. The van der Waals surface area contributed by atoms with Crippen LogP contribution in [0, 0.1) is 0 Å². The molecule has 3 rings (SSSR count). The van der Waals surface area contributed by atoms with Crippen LogP contribution < -0.4 is 15.4 Å². The predicted octanol–water partition coefficient (Wildman–Crippen LogP) is 5.20. The fourth-order valence-electron chi connectivity index (χ4n) is 2.21. The Balaban J connectivity index is 1.59. The Kier molecular flexibility index (Phi) is 5.51. The molecular formula is C20H15ClN2O3. The number of hydrogen-bond acceptors (Lipinski definition) is 3. The zero-order valence-electron chi connectivity index (χ0n) is 13.6. The molecule has 0 saturated carbocycles. The number of halogens is 1. The van der Waals surface area contributed by atoms with Gasteiger partial charge in [-0.2, -0.15) is 0 Å². The Labute approximate surface area is 155 Å². The van der Waals surface area contributed by atoms with E-state index in [9.17, 15) is 9.59 Å². The second-order valence-corrected chi connectivity index (χ2v) is 5.81. The highest BCUT2D eigenvalue weighted by molar-refractivity contribution is 6.31. The highest BCUT2D eigenvalue weighted by atomic mass is 35.5. The van der Waals surface area contributed by atoms with Gasteiger partial charge in [-0.1, -0.05) is 35.9 Å². The van der Waals surface area contributed by atoms with Gasteiger partial charge in [0.2, 0.25) is 0 Å². The van der Waals surface area contributed by atoms with Crippen LogP contribution in [0.15, 0.2) is 78.9 Å². The number of para-hydroxylation sites is 1. The second-order valence-electron chi connectivity index (χ2n) is 5.37. The Morgan fingerprint density at radius 1 is 0.769 bits per heavy atom. The van der Waals surface area contributed by atoms with Gasteiger partial charge in [-0.25, -0.2) is 4.79 Å². The minimum absolute atomic E-state index is 0.273. The number of benzene rings is 3. The lowest BCUT2D eigenvalue weighted by Crippen LogP contribution is -2.17. The average Bonchev–Trinajstić information content (AvgIpc) is 2.63. The fourth-order valence-corrected chi connectivity index (χ4v) is 2.40. The van der Waals surface area contributed by atoms with Crippen molar-refractivity contribution in [2.45, 2.75) is 0 Å². The van der Waals surface area contributed by atoms with E-state index in [1.165, 1.54) is 0 Å². The topological polar surface area (TPSA) is 67.4 Å². The standard InChI is InChI=1S/C20H15ClN2O3/c21-15-5-4-6-17(13-15)22-19(24)14-9-11-16(12-10-14)23-20(25)26-18-7-2-1-3-8-18/h1-13H,(H,22,24)(H,23,25). The van der Waals surface area contributed by atoms with Crippen LogP contribution in [0.5, 0.6) is 5.75 Å². The maximum atomic E-state index is 12.2. The van der Waals surface area contributed by atoms with Gasteiger partial charge in [0.25, 0.3) is 5.91 Å². The molecule has 130 valence electrons. The van der Waals surface area contributed by atoms with Crippen LogP contribution in [0.4, 0.5) is 16.2 Å². The van der Waals surface area contributed by atoms with Crippen molar-refractivity contribution in [1.29, 1.82) is 0 Å². The number of carbonyl (C=O) groups is 2. The van der Waals surface area contributed by atoms with E-state index < -0.39 is 6.09 Å². The summed E-state index contributed by atoms with van der Waals surface area (Å²) >= 11 is 5.90. The molecule has 0 heterocycles. The highest BCUT2D eigenvalue weighted by Gasteiger charge is 2.08. The smallest absolute Gasteiger partial charge is 0.410 e. The van der Waals surface area contributed by atoms with Crippen molar-refractivity contribution in [3.05, 3.63) is 89.4 Å². The number of ether oxygens (including phenoxy) is 1. The summed E-state index contributed by atoms with van der Waals surface area (Å²) in [5, 5.41) is 5.90. The van der Waals surface area contributed by atoms with Crippen molar-refractivity contribution in [3.63, 3.8) is 0 Å². The van der Waals surface area contributed by atoms with Crippen molar-refractivity contribution in [3.8, 4) is 5.75 Å². The van der Waals surface area contributed by atoms with E-state index in [-0.39, 0.29) is 5.91 Å². The summed E-state index contributed by atoms with van der Waals surface area (Å²) in [5.74, 6) is 0.174. The van der Waals surface area contributed by atoms with Gasteiger partial charge in [-0.05, 0) is 54.6 Å². The van der Waals surface area contributed by atoms with Gasteiger partial charge in [-0.3, -0.25) is 10.1 Å². The molecule has 0 aliphatic rings. The van der Waals surface area contributed by atoms with Crippen LogP contribution in [0.3, 0.4) is 0 Å². The van der Waals surface area contributed by atoms with Crippen molar-refractivity contribution in [1.82, 2.24) is 0 Å². The summed E-state index contributed by atoms with van der Waals surface area (Å²) in [4.78, 5) is 24.1. The van der Waals surface area contributed by atoms with Crippen molar-refractivity contribution in [2.24, 2.45) is 0 Å². The molecule has 0 spiro atoms. The maximum absolute atomic E-state index is 12.2. The van der Waals surface area contributed by atoms with E-state index in [0.29, 0.717) is 27.7 Å². The van der Waals surface area contributed by atoms with E-state index in [4.69, 9.17) is 16.3 Å². The maximum Gasteiger partial charge on any atom is 0.417 e. The summed E-state index contributed by atoms with van der Waals surface area (Å²) in [6.45, 7) is 0. The number of nitrogens with one attached hydrogen (secondary N) is 2. The molecule has 0 aliphatic carbocycles. The largest absolute Gasteiger partial charge is 0.417 e. The lowest BCUT2D eigenvalue weighted by molar-refractivity contribution is 0.102. The molecular weight excluding hydrogens is 352 g/mol. The molecule has 6 heteroatoms. The second kappa shape index (κ2) is 8.18. The summed E-state index contributed by atoms with van der Waals surface area (Å²) in [5.41, 5.74) is 1.58. The number of rotatable bonds is 4. The van der Waals surface area contributed by atoms with E-state index in [0.717, 1.165) is 0 Å². The van der Waals surface area contributed by atoms with Crippen molar-refractivity contribution >= 4 is 35.0 Å². The molecule has 2 N–H and O–H groups in total. The van der Waals surface area contributed by atoms with Gasteiger partial charge in [-0.15, -0.1) is 0 Å². The van der Waals surface area contributed by atoms with Crippen molar-refractivity contribution in [2.75, 3.05) is 10.6 Å². The van der Waals surface area contributed by atoms with E-state index >= 15 is 0 Å². The Bertz CT molecular complexity index is 912. The molecule has 0 fully saturated rings. The van der Waals surface area contributed by atoms with Crippen LogP contribution >= 0.6 is 11.6 Å². The highest BCUT2D eigenvalue weighted by Crippen LogP contribution is 2.17. The third kappa shape index (κ3) is 4.84. The van der Waals surface area contributed by atoms with Crippen molar-refractivity contribution < 1.29 is 14.3 Å². The van der Waals surface area contributed by atoms with E-state index in [1.54, 1.807) is 72.8 Å². The van der Waals surface area contributed by atoms with Gasteiger partial charge in [0, 0.05) is 22.0 Å². The first-order chi connectivity index (χ1) is 12.6. The fraction of sp³-hybridized carbons (Fsp3) is 0. The Morgan fingerprint density at radius 2 is 1.50 bits per heavy atom. The molecule has 2 amide bonds. The molecule has 0 aliphatic heterocycles. The normalized spacial score (nSPS) is 10.0. The van der Waals surface area contributed by atoms with Gasteiger partial charge >= 0.3 is 6.09 Å². The molecule has 26 heavy (non-hydrogen) atoms. The zero-order valence-corrected chi connectivity index (χ0v) is 14.4. The molecule has 0 unspecified atom stereocenters. The minimum atomic E-state index is -0.604. The lowest BCUT2D eigenvalue weighted by Gasteiger charge is -2.08. The van der Waals surface area contributed by atoms with E-state index in [2.05, 4.69) is 10.6 Å². The van der Waals surface area contributed by atoms with Gasteiger partial charge < -0.3 is 10.1 Å². The molecule has 0 atom stereocenters. The van der Waals surface area contributed by atoms with Crippen LogP contribution in [-0.4, -0.2) is 12.0 Å². The molecule has 0 bridgehead atoms. The number of hydrogen-bond donors (Lipinski definition) is 2. The Morgan fingerprint density at radius 3 is 2.19 bits per heavy atom. The first-order valence-corrected chi connectivity index (χ1v) is 8.19. The van der Waals surface area contributed by atoms with E-state index in [1.807, 2.05) is 6.07 Å². The Hall–Kier alpha value is -3.31. The summed E-state index contributed by atoms with van der Waals surface area (Å²) in [7, 11) is 0. The third-order valence-electron chi connectivity index (χ3n) is 3.43. The van der Waals surface area contributed by atoms with Gasteiger partial charge in [0.15, 0.2) is 0 Å². The number of carbonyl (C=O) groups excluding carboxylic acids is 2. The monoisotopic (exact) mass is 366 g/mol. The van der Waals surface area contributed by atoms with Crippen LogP contribution in [0.25, 0.3) is 0 Å². The first kappa shape index (κ1) is 17.5. The third-order valence-corrected chi connectivity index (χ3v) is 3.66. The summed E-state index contributed by atoms with van der Waals surface area (Å²) < 4.78 is 5.14. The van der Waals surface area contributed by atoms with Gasteiger partial charge in [0.1, 0.15) is 5.75 Å².